The second kappa shape index (κ2) is 8.01. The summed E-state index contributed by atoms with van der Waals surface area (Å²) in [6.07, 6.45) is 2.51. The second-order valence-electron chi connectivity index (χ2n) is 4.62. The van der Waals surface area contributed by atoms with Crippen LogP contribution in [0.5, 0.6) is 5.75 Å². The van der Waals surface area contributed by atoms with Crippen LogP contribution in [0.4, 0.5) is 17.6 Å². The molecule has 126 valence electrons. The van der Waals surface area contributed by atoms with Crippen LogP contribution in [0.1, 0.15) is 15.9 Å². The summed E-state index contributed by atoms with van der Waals surface area (Å²) in [6.45, 7) is 0. The summed E-state index contributed by atoms with van der Waals surface area (Å²) >= 11 is 0.318. The standard InChI is InChI=1S/C17H12F4O2S/c1-23-15-9-11(4-7-16(15)24-17(20)21)14(22)6-3-10-2-5-12(18)13(19)8-10/h2-9,17H,1H3/b6-3+. The van der Waals surface area contributed by atoms with E-state index in [-0.39, 0.29) is 16.2 Å². The average molecular weight is 356 g/mol. The van der Waals surface area contributed by atoms with Crippen LogP contribution in [0, 0.1) is 11.6 Å². The molecule has 2 aromatic carbocycles. The molecular weight excluding hydrogens is 344 g/mol. The lowest BCUT2D eigenvalue weighted by Crippen LogP contribution is -1.97. The highest BCUT2D eigenvalue weighted by molar-refractivity contribution is 7.99. The quantitative estimate of drug-likeness (QED) is 0.309. The molecule has 0 saturated carbocycles. The average Bonchev–Trinajstić information content (AvgIpc) is 2.55. The minimum atomic E-state index is -2.60. The number of carbonyl (C=O) groups is 1. The third kappa shape index (κ3) is 4.61. The number of thioether (sulfide) groups is 1. The van der Waals surface area contributed by atoms with E-state index in [2.05, 4.69) is 0 Å². The number of halogens is 4. The van der Waals surface area contributed by atoms with Crippen molar-refractivity contribution in [2.75, 3.05) is 7.11 Å². The third-order valence-electron chi connectivity index (χ3n) is 3.04. The van der Waals surface area contributed by atoms with Crippen molar-refractivity contribution in [3.05, 3.63) is 65.2 Å². The number of hydrogen-bond acceptors (Lipinski definition) is 3. The van der Waals surface area contributed by atoms with Gasteiger partial charge in [-0.2, -0.15) is 8.78 Å². The van der Waals surface area contributed by atoms with Crippen LogP contribution in [0.2, 0.25) is 0 Å². The first-order chi connectivity index (χ1) is 11.4. The molecule has 0 bridgehead atoms. The zero-order valence-electron chi connectivity index (χ0n) is 12.4. The van der Waals surface area contributed by atoms with Gasteiger partial charge in [0.25, 0.3) is 5.76 Å². The Morgan fingerprint density at radius 1 is 1.12 bits per heavy atom. The van der Waals surface area contributed by atoms with Crippen molar-refractivity contribution in [2.24, 2.45) is 0 Å². The van der Waals surface area contributed by atoms with Crippen molar-refractivity contribution in [3.8, 4) is 5.75 Å². The van der Waals surface area contributed by atoms with Gasteiger partial charge >= 0.3 is 0 Å². The van der Waals surface area contributed by atoms with Crippen LogP contribution in [-0.2, 0) is 0 Å². The van der Waals surface area contributed by atoms with Gasteiger partial charge in [0.1, 0.15) is 5.75 Å². The Kier molecular flexibility index (Phi) is 6.03. The first-order valence-electron chi connectivity index (χ1n) is 6.71. The first-order valence-corrected chi connectivity index (χ1v) is 7.59. The fourth-order valence-electron chi connectivity index (χ4n) is 1.90. The summed E-state index contributed by atoms with van der Waals surface area (Å²) in [4.78, 5) is 12.3. The predicted octanol–water partition coefficient (Wildman–Crippen LogP) is 5.18. The van der Waals surface area contributed by atoms with Crippen LogP contribution >= 0.6 is 11.8 Å². The fraction of sp³-hybridized carbons (Fsp3) is 0.118. The Balaban J connectivity index is 2.19. The van der Waals surface area contributed by atoms with Crippen LogP contribution in [0.3, 0.4) is 0 Å². The highest BCUT2D eigenvalue weighted by Crippen LogP contribution is 2.34. The van der Waals surface area contributed by atoms with Gasteiger partial charge < -0.3 is 4.74 Å². The lowest BCUT2D eigenvalue weighted by atomic mass is 10.1. The molecule has 0 atom stereocenters. The zero-order valence-corrected chi connectivity index (χ0v) is 13.2. The maximum Gasteiger partial charge on any atom is 0.289 e. The van der Waals surface area contributed by atoms with Crippen LogP contribution in [-0.4, -0.2) is 18.7 Å². The van der Waals surface area contributed by atoms with Crippen molar-refractivity contribution < 1.29 is 27.1 Å². The summed E-state index contributed by atoms with van der Waals surface area (Å²) in [5.41, 5.74) is 0.545. The molecule has 0 aliphatic carbocycles. The van der Waals surface area contributed by atoms with Gasteiger partial charge in [-0.25, -0.2) is 8.78 Å². The van der Waals surface area contributed by atoms with Gasteiger partial charge in [0.15, 0.2) is 17.4 Å². The van der Waals surface area contributed by atoms with Gasteiger partial charge in [0.2, 0.25) is 0 Å². The largest absolute Gasteiger partial charge is 0.496 e. The van der Waals surface area contributed by atoms with E-state index in [0.717, 1.165) is 12.1 Å². The molecule has 0 radical (unpaired) electrons. The van der Waals surface area contributed by atoms with Crippen molar-refractivity contribution in [3.63, 3.8) is 0 Å². The van der Waals surface area contributed by atoms with E-state index >= 15 is 0 Å². The van der Waals surface area contributed by atoms with E-state index in [4.69, 9.17) is 4.74 Å². The monoisotopic (exact) mass is 356 g/mol. The number of allylic oxidation sites excluding steroid dienone is 1. The van der Waals surface area contributed by atoms with Crippen LogP contribution in [0.15, 0.2) is 47.4 Å². The minimum absolute atomic E-state index is 0.160. The molecule has 2 nitrogen and oxygen atoms in total. The van der Waals surface area contributed by atoms with Gasteiger partial charge in [-0.05, 0) is 42.0 Å². The van der Waals surface area contributed by atoms with E-state index in [0.29, 0.717) is 17.3 Å². The summed E-state index contributed by atoms with van der Waals surface area (Å²) in [6, 6.07) is 7.36. The van der Waals surface area contributed by atoms with Gasteiger partial charge in [-0.15, -0.1) is 0 Å². The normalized spacial score (nSPS) is 11.2. The molecule has 0 aliphatic rings. The van der Waals surface area contributed by atoms with Crippen molar-refractivity contribution in [1.82, 2.24) is 0 Å². The molecule has 24 heavy (non-hydrogen) atoms. The molecule has 0 heterocycles. The molecule has 0 aliphatic heterocycles. The summed E-state index contributed by atoms with van der Waals surface area (Å²) < 4.78 is 55.8. The molecule has 0 aromatic heterocycles. The molecule has 0 amide bonds. The van der Waals surface area contributed by atoms with E-state index in [1.54, 1.807) is 0 Å². The number of alkyl halides is 2. The Morgan fingerprint density at radius 2 is 1.88 bits per heavy atom. The first kappa shape index (κ1) is 18.1. The lowest BCUT2D eigenvalue weighted by Gasteiger charge is -2.08. The molecule has 0 saturated heterocycles. The summed E-state index contributed by atoms with van der Waals surface area (Å²) in [5.74, 6) is -4.86. The molecule has 2 rings (SSSR count). The molecule has 0 N–H and O–H groups in total. The Morgan fingerprint density at radius 3 is 2.50 bits per heavy atom. The van der Waals surface area contributed by atoms with E-state index in [1.807, 2.05) is 0 Å². The minimum Gasteiger partial charge on any atom is -0.496 e. The van der Waals surface area contributed by atoms with Gasteiger partial charge in [0.05, 0.1) is 12.0 Å². The number of ether oxygens (including phenoxy) is 1. The number of ketones is 1. The highest BCUT2D eigenvalue weighted by atomic mass is 32.2. The van der Waals surface area contributed by atoms with Crippen LogP contribution < -0.4 is 4.74 Å². The summed E-state index contributed by atoms with van der Waals surface area (Å²) in [7, 11) is 1.32. The Labute approximate surface area is 140 Å². The smallest absolute Gasteiger partial charge is 0.289 e. The molecule has 0 unspecified atom stereocenters. The van der Waals surface area contributed by atoms with Gasteiger partial charge in [0, 0.05) is 5.56 Å². The number of benzene rings is 2. The third-order valence-corrected chi connectivity index (χ3v) is 3.80. The number of carbonyl (C=O) groups excluding carboxylic acids is 1. The lowest BCUT2D eigenvalue weighted by molar-refractivity contribution is 0.104. The van der Waals surface area contributed by atoms with E-state index in [1.165, 1.54) is 43.5 Å². The molecule has 7 heteroatoms. The van der Waals surface area contributed by atoms with Crippen molar-refractivity contribution in [2.45, 2.75) is 10.7 Å². The van der Waals surface area contributed by atoms with Crippen LogP contribution in [0.25, 0.3) is 6.08 Å². The molecule has 2 aromatic rings. The SMILES string of the molecule is COc1cc(C(=O)/C=C/c2ccc(F)c(F)c2)ccc1SC(F)F. The number of rotatable bonds is 6. The number of methoxy groups -OCH3 is 1. The van der Waals surface area contributed by atoms with E-state index < -0.39 is 23.2 Å². The Hall–Kier alpha value is -2.28. The van der Waals surface area contributed by atoms with Crippen molar-refractivity contribution >= 4 is 23.6 Å². The molecule has 0 spiro atoms. The fourth-order valence-corrected chi connectivity index (χ4v) is 2.50. The molecular formula is C17H12F4O2S. The van der Waals surface area contributed by atoms with Crippen molar-refractivity contribution in [1.29, 1.82) is 0 Å². The van der Waals surface area contributed by atoms with E-state index in [9.17, 15) is 22.4 Å². The van der Waals surface area contributed by atoms with Gasteiger partial charge in [-0.1, -0.05) is 23.9 Å². The maximum atomic E-state index is 13.1. The second-order valence-corrected chi connectivity index (χ2v) is 5.65. The topological polar surface area (TPSA) is 26.3 Å². The number of hydrogen-bond donors (Lipinski definition) is 0. The Bertz CT molecular complexity index is 775. The van der Waals surface area contributed by atoms with Gasteiger partial charge in [-0.3, -0.25) is 4.79 Å². The zero-order chi connectivity index (χ0) is 17.7. The predicted molar refractivity (Wildman–Crippen MR) is 84.6 cm³/mol. The highest BCUT2D eigenvalue weighted by Gasteiger charge is 2.13. The maximum absolute atomic E-state index is 13.1. The molecule has 0 fully saturated rings. The summed E-state index contributed by atoms with van der Waals surface area (Å²) in [5, 5.41) is 0.